The van der Waals surface area contributed by atoms with E-state index < -0.39 is 0 Å². The first kappa shape index (κ1) is 14.5. The average Bonchev–Trinajstić information content (AvgIpc) is 2.80. The molecule has 0 saturated heterocycles. The lowest BCUT2D eigenvalue weighted by Crippen LogP contribution is -2.39. The molecular weight excluding hydrogens is 282 g/mol. The fraction of sp³-hybridized carbons (Fsp3) is 0.538. The molecule has 1 aliphatic rings. The monoisotopic (exact) mass is 299 g/mol. The van der Waals surface area contributed by atoms with Crippen LogP contribution in [0.15, 0.2) is 12.3 Å². The third-order valence-corrected chi connectivity index (χ3v) is 4.88. The van der Waals surface area contributed by atoms with Gasteiger partial charge in [-0.3, -0.25) is 4.79 Å². The number of nitrogens with zero attached hydrogens (tertiary/aromatic N) is 1. The van der Waals surface area contributed by atoms with Crippen LogP contribution in [0.25, 0.3) is 0 Å². The van der Waals surface area contributed by atoms with Gasteiger partial charge in [-0.15, -0.1) is 0 Å². The van der Waals surface area contributed by atoms with Gasteiger partial charge < -0.3 is 11.1 Å². The normalized spacial score (nSPS) is 22.4. The summed E-state index contributed by atoms with van der Waals surface area (Å²) >= 11 is 7.84. The summed E-state index contributed by atoms with van der Waals surface area (Å²) in [6.45, 7) is 2.14. The van der Waals surface area contributed by atoms with Gasteiger partial charge in [-0.25, -0.2) is 4.98 Å². The molecule has 4 nitrogen and oxygen atoms in total. The highest BCUT2D eigenvalue weighted by atomic mass is 35.5. The van der Waals surface area contributed by atoms with Crippen LogP contribution in [-0.4, -0.2) is 27.9 Å². The number of amides is 1. The summed E-state index contributed by atoms with van der Waals surface area (Å²) in [4.78, 5) is 16.1. The first-order valence-electron chi connectivity index (χ1n) is 6.45. The number of thioether (sulfide) groups is 1. The van der Waals surface area contributed by atoms with Crippen molar-refractivity contribution in [1.82, 2.24) is 10.3 Å². The molecular formula is C13H18ClN3OS. The lowest BCUT2D eigenvalue weighted by molar-refractivity contribution is 0.0938. The zero-order valence-corrected chi connectivity index (χ0v) is 12.4. The minimum Gasteiger partial charge on any atom is -0.397 e. The first-order valence-corrected chi connectivity index (χ1v) is 7.88. The lowest BCUT2D eigenvalue weighted by atomic mass is 10.2. The predicted octanol–water partition coefficient (Wildman–Crippen LogP) is 2.72. The number of nitrogens with one attached hydrogen (secondary N) is 1. The lowest BCUT2D eigenvalue weighted by Gasteiger charge is -2.20. The van der Waals surface area contributed by atoms with E-state index in [0.717, 1.165) is 25.0 Å². The van der Waals surface area contributed by atoms with Crippen LogP contribution in [0.2, 0.25) is 5.15 Å². The molecule has 1 heterocycles. The molecule has 2 rings (SSSR count). The Morgan fingerprint density at radius 3 is 3.16 bits per heavy atom. The van der Waals surface area contributed by atoms with Gasteiger partial charge in [-0.05, 0) is 24.7 Å². The van der Waals surface area contributed by atoms with E-state index in [9.17, 15) is 4.79 Å². The SMILES string of the molecule is CCSC1CCCC1NC(=O)c1cc(N)cnc1Cl. The van der Waals surface area contributed by atoms with Crippen LogP contribution in [0, 0.1) is 0 Å². The van der Waals surface area contributed by atoms with Crippen LogP contribution in [-0.2, 0) is 0 Å². The molecule has 0 bridgehead atoms. The van der Waals surface area contributed by atoms with Crippen LogP contribution in [0.3, 0.4) is 0 Å². The van der Waals surface area contributed by atoms with E-state index in [-0.39, 0.29) is 17.1 Å². The number of carbonyl (C=O) groups excluding carboxylic acids is 1. The first-order chi connectivity index (χ1) is 9.11. The molecule has 0 spiro atoms. The Balaban J connectivity index is 2.06. The van der Waals surface area contributed by atoms with Gasteiger partial charge in [0.25, 0.3) is 5.91 Å². The Hall–Kier alpha value is -0.940. The van der Waals surface area contributed by atoms with Gasteiger partial charge in [0.15, 0.2) is 0 Å². The van der Waals surface area contributed by atoms with E-state index in [1.54, 1.807) is 6.07 Å². The highest BCUT2D eigenvalue weighted by Crippen LogP contribution is 2.30. The highest BCUT2D eigenvalue weighted by Gasteiger charge is 2.29. The van der Waals surface area contributed by atoms with Gasteiger partial charge in [0, 0.05) is 11.3 Å². The minimum atomic E-state index is -0.182. The molecule has 1 amide bonds. The molecule has 1 aromatic heterocycles. The summed E-state index contributed by atoms with van der Waals surface area (Å²) < 4.78 is 0. The second-order valence-corrected chi connectivity index (χ2v) is 6.49. The fourth-order valence-electron chi connectivity index (χ4n) is 2.37. The van der Waals surface area contributed by atoms with Gasteiger partial charge in [-0.1, -0.05) is 24.9 Å². The van der Waals surface area contributed by atoms with E-state index in [1.165, 1.54) is 6.20 Å². The molecule has 2 unspecified atom stereocenters. The van der Waals surface area contributed by atoms with Crippen molar-refractivity contribution in [1.29, 1.82) is 0 Å². The summed E-state index contributed by atoms with van der Waals surface area (Å²) in [6.07, 6.45) is 4.79. The summed E-state index contributed by atoms with van der Waals surface area (Å²) in [5.41, 5.74) is 6.44. The zero-order valence-electron chi connectivity index (χ0n) is 10.9. The Morgan fingerprint density at radius 2 is 2.42 bits per heavy atom. The van der Waals surface area contributed by atoms with Crippen molar-refractivity contribution in [2.75, 3.05) is 11.5 Å². The van der Waals surface area contributed by atoms with E-state index in [0.29, 0.717) is 16.5 Å². The standard InChI is InChI=1S/C13H18ClN3OS/c1-2-19-11-5-3-4-10(11)17-13(18)9-6-8(15)7-16-12(9)14/h6-7,10-11H,2-5,15H2,1H3,(H,17,18). The number of aromatic nitrogens is 1. The quantitative estimate of drug-likeness (QED) is 0.839. The van der Waals surface area contributed by atoms with E-state index in [4.69, 9.17) is 17.3 Å². The van der Waals surface area contributed by atoms with Crippen molar-refractivity contribution in [3.63, 3.8) is 0 Å². The van der Waals surface area contributed by atoms with Crippen LogP contribution in [0.5, 0.6) is 0 Å². The number of rotatable bonds is 4. The number of pyridine rings is 1. The van der Waals surface area contributed by atoms with Crippen molar-refractivity contribution in [2.24, 2.45) is 0 Å². The van der Waals surface area contributed by atoms with E-state index >= 15 is 0 Å². The molecule has 1 aliphatic carbocycles. The zero-order chi connectivity index (χ0) is 13.8. The Kier molecular flexibility index (Phi) is 4.93. The van der Waals surface area contributed by atoms with Crippen molar-refractivity contribution >= 4 is 35.0 Å². The Bertz CT molecular complexity index is 469. The largest absolute Gasteiger partial charge is 0.397 e. The maximum absolute atomic E-state index is 12.2. The molecule has 0 aliphatic heterocycles. The van der Waals surface area contributed by atoms with Gasteiger partial charge in [0.1, 0.15) is 5.15 Å². The minimum absolute atomic E-state index is 0.182. The second-order valence-electron chi connectivity index (χ2n) is 4.61. The maximum atomic E-state index is 12.2. The molecule has 0 aromatic carbocycles. The molecule has 1 fully saturated rings. The summed E-state index contributed by atoms with van der Waals surface area (Å²) in [5.74, 6) is 0.885. The average molecular weight is 300 g/mol. The van der Waals surface area contributed by atoms with Gasteiger partial charge >= 0.3 is 0 Å². The van der Waals surface area contributed by atoms with Crippen LogP contribution >= 0.6 is 23.4 Å². The molecule has 1 saturated carbocycles. The van der Waals surface area contributed by atoms with Crippen LogP contribution in [0.1, 0.15) is 36.5 Å². The number of carbonyl (C=O) groups is 1. The van der Waals surface area contributed by atoms with Crippen molar-refractivity contribution < 1.29 is 4.79 Å². The summed E-state index contributed by atoms with van der Waals surface area (Å²) in [5, 5.41) is 3.76. The summed E-state index contributed by atoms with van der Waals surface area (Å²) in [7, 11) is 0. The number of halogens is 1. The van der Waals surface area contributed by atoms with Crippen molar-refractivity contribution in [3.8, 4) is 0 Å². The number of hydrogen-bond donors (Lipinski definition) is 2. The number of hydrogen-bond acceptors (Lipinski definition) is 4. The number of anilines is 1. The second kappa shape index (κ2) is 6.48. The molecule has 1 aromatic rings. The molecule has 0 radical (unpaired) electrons. The smallest absolute Gasteiger partial charge is 0.254 e. The van der Waals surface area contributed by atoms with Gasteiger partial charge in [0.2, 0.25) is 0 Å². The highest BCUT2D eigenvalue weighted by molar-refractivity contribution is 7.99. The summed E-state index contributed by atoms with van der Waals surface area (Å²) in [6, 6.07) is 1.79. The van der Waals surface area contributed by atoms with Gasteiger partial charge in [0.05, 0.1) is 17.4 Å². The van der Waals surface area contributed by atoms with Crippen molar-refractivity contribution in [3.05, 3.63) is 23.0 Å². The van der Waals surface area contributed by atoms with Crippen LogP contribution < -0.4 is 11.1 Å². The van der Waals surface area contributed by atoms with E-state index in [2.05, 4.69) is 17.2 Å². The third-order valence-electron chi connectivity index (χ3n) is 3.25. The number of nitrogen functional groups attached to an aromatic ring is 1. The Labute approximate surface area is 122 Å². The maximum Gasteiger partial charge on any atom is 0.254 e. The molecule has 6 heteroatoms. The predicted molar refractivity (Wildman–Crippen MR) is 80.7 cm³/mol. The third kappa shape index (κ3) is 3.54. The molecule has 2 atom stereocenters. The molecule has 19 heavy (non-hydrogen) atoms. The van der Waals surface area contributed by atoms with Crippen LogP contribution in [0.4, 0.5) is 5.69 Å². The topological polar surface area (TPSA) is 68.0 Å². The van der Waals surface area contributed by atoms with E-state index in [1.807, 2.05) is 11.8 Å². The van der Waals surface area contributed by atoms with Gasteiger partial charge in [-0.2, -0.15) is 11.8 Å². The molecule has 3 N–H and O–H groups in total. The Morgan fingerprint density at radius 1 is 1.63 bits per heavy atom. The molecule has 104 valence electrons. The van der Waals surface area contributed by atoms with Crippen molar-refractivity contribution in [2.45, 2.75) is 37.5 Å². The fourth-order valence-corrected chi connectivity index (χ4v) is 3.76. The number of nitrogens with two attached hydrogens (primary N) is 1.